The first-order valence-electron chi connectivity index (χ1n) is 8.35. The summed E-state index contributed by atoms with van der Waals surface area (Å²) in [5.74, 6) is -0.522. The second-order valence-corrected chi connectivity index (χ2v) is 6.22. The van der Waals surface area contributed by atoms with Gasteiger partial charge in [-0.1, -0.05) is 6.07 Å². The molecule has 1 aliphatic heterocycles. The van der Waals surface area contributed by atoms with Crippen LogP contribution in [0.1, 0.15) is 24.2 Å². The van der Waals surface area contributed by atoms with E-state index in [1.54, 1.807) is 13.2 Å². The highest BCUT2D eigenvalue weighted by molar-refractivity contribution is 5.22. The monoisotopic (exact) mass is 348 g/mol. The van der Waals surface area contributed by atoms with Crippen molar-refractivity contribution in [1.29, 1.82) is 0 Å². The Bertz CT molecular complexity index is 703. The molecule has 25 heavy (non-hydrogen) atoms. The summed E-state index contributed by atoms with van der Waals surface area (Å²) in [5.41, 5.74) is 1.43. The van der Waals surface area contributed by atoms with Crippen LogP contribution in [0.4, 0.5) is 8.78 Å². The zero-order valence-corrected chi connectivity index (χ0v) is 14.5. The van der Waals surface area contributed by atoms with Crippen molar-refractivity contribution in [3.63, 3.8) is 0 Å². The van der Waals surface area contributed by atoms with Crippen molar-refractivity contribution in [2.24, 2.45) is 0 Å². The largest absolute Gasteiger partial charge is 0.480 e. The lowest BCUT2D eigenvalue weighted by molar-refractivity contribution is 0.0955. The second kappa shape index (κ2) is 7.84. The smallest absolute Gasteiger partial charge is 0.233 e. The van der Waals surface area contributed by atoms with Crippen LogP contribution in [0.25, 0.3) is 0 Å². The zero-order chi connectivity index (χ0) is 17.8. The van der Waals surface area contributed by atoms with Gasteiger partial charge in [0.1, 0.15) is 11.6 Å². The zero-order valence-electron chi connectivity index (χ0n) is 14.5. The summed E-state index contributed by atoms with van der Waals surface area (Å²) in [5, 5.41) is 8.13. The molecular weight excluding hydrogens is 326 g/mol. The first-order chi connectivity index (χ1) is 12.1. The fraction of sp³-hybridized carbons (Fsp3) is 0.444. The van der Waals surface area contributed by atoms with Gasteiger partial charge in [-0.25, -0.2) is 8.78 Å². The molecule has 0 N–H and O–H groups in total. The number of methoxy groups -OCH3 is 1. The molecule has 1 saturated heterocycles. The molecule has 1 aromatic heterocycles. The molecule has 0 spiro atoms. The lowest BCUT2D eigenvalue weighted by Crippen LogP contribution is -2.46. The van der Waals surface area contributed by atoms with Gasteiger partial charge < -0.3 is 4.74 Å². The van der Waals surface area contributed by atoms with Crippen molar-refractivity contribution in [1.82, 2.24) is 20.0 Å². The van der Waals surface area contributed by atoms with Gasteiger partial charge in [-0.2, -0.15) is 5.10 Å². The van der Waals surface area contributed by atoms with E-state index in [1.165, 1.54) is 12.1 Å². The van der Waals surface area contributed by atoms with E-state index in [0.717, 1.165) is 44.5 Å². The standard InChI is InChI=1S/C18H22F2N4O/c1-13(16-5-3-14(19)11-17(16)20)24-9-7-23(8-10-24)12-15-4-6-18(25-2)22-21-15/h3-6,11,13H,7-10,12H2,1-2H3/t13-/m0/s1. The molecule has 3 rings (SSSR count). The number of benzene rings is 1. The van der Waals surface area contributed by atoms with E-state index >= 15 is 0 Å². The Morgan fingerprint density at radius 2 is 1.84 bits per heavy atom. The summed E-state index contributed by atoms with van der Waals surface area (Å²) in [4.78, 5) is 4.51. The van der Waals surface area contributed by atoms with Crippen molar-refractivity contribution in [3.8, 4) is 5.88 Å². The average Bonchev–Trinajstić information content (AvgIpc) is 2.62. The predicted octanol–water partition coefficient (Wildman–Crippen LogP) is 2.64. The Labute approximate surface area is 146 Å². The number of rotatable bonds is 5. The number of aromatic nitrogens is 2. The Morgan fingerprint density at radius 1 is 1.08 bits per heavy atom. The molecule has 0 amide bonds. The molecule has 1 aromatic carbocycles. The third kappa shape index (κ3) is 4.29. The van der Waals surface area contributed by atoms with Gasteiger partial charge in [-0.3, -0.25) is 9.80 Å². The van der Waals surface area contributed by atoms with Gasteiger partial charge in [0, 0.05) is 56.5 Å². The molecule has 0 aliphatic carbocycles. The van der Waals surface area contributed by atoms with Crippen LogP contribution < -0.4 is 4.74 Å². The van der Waals surface area contributed by atoms with E-state index in [-0.39, 0.29) is 6.04 Å². The van der Waals surface area contributed by atoms with Gasteiger partial charge in [-0.15, -0.1) is 5.10 Å². The highest BCUT2D eigenvalue weighted by Crippen LogP contribution is 2.25. The number of hydrogen-bond acceptors (Lipinski definition) is 5. The third-order valence-electron chi connectivity index (χ3n) is 4.66. The Hall–Kier alpha value is -2.12. The minimum Gasteiger partial charge on any atom is -0.480 e. The second-order valence-electron chi connectivity index (χ2n) is 6.22. The normalized spacial score (nSPS) is 17.4. The highest BCUT2D eigenvalue weighted by atomic mass is 19.1. The molecular formula is C18H22F2N4O. The number of piperazine rings is 1. The molecule has 1 aliphatic rings. The number of halogens is 2. The summed E-state index contributed by atoms with van der Waals surface area (Å²) in [6.45, 7) is 6.05. The van der Waals surface area contributed by atoms with Crippen LogP contribution in [0.15, 0.2) is 30.3 Å². The third-order valence-corrected chi connectivity index (χ3v) is 4.66. The van der Waals surface area contributed by atoms with Gasteiger partial charge in [0.2, 0.25) is 5.88 Å². The van der Waals surface area contributed by atoms with Crippen LogP contribution in [-0.2, 0) is 6.54 Å². The fourth-order valence-corrected chi connectivity index (χ4v) is 3.12. The van der Waals surface area contributed by atoms with Crippen LogP contribution in [0.2, 0.25) is 0 Å². The average molecular weight is 348 g/mol. The molecule has 134 valence electrons. The minimum atomic E-state index is -0.543. The molecule has 1 fully saturated rings. The molecule has 2 heterocycles. The number of nitrogens with zero attached hydrogens (tertiary/aromatic N) is 4. The van der Waals surface area contributed by atoms with Crippen molar-refractivity contribution in [3.05, 3.63) is 53.2 Å². The maximum Gasteiger partial charge on any atom is 0.233 e. The lowest BCUT2D eigenvalue weighted by atomic mass is 10.1. The van der Waals surface area contributed by atoms with Gasteiger partial charge in [0.05, 0.1) is 12.8 Å². The maximum atomic E-state index is 14.0. The Balaban J connectivity index is 1.55. The van der Waals surface area contributed by atoms with Gasteiger partial charge in [0.25, 0.3) is 0 Å². The molecule has 0 saturated carbocycles. The van der Waals surface area contributed by atoms with Crippen LogP contribution in [-0.4, -0.2) is 53.3 Å². The van der Waals surface area contributed by atoms with Crippen molar-refractivity contribution < 1.29 is 13.5 Å². The molecule has 1 atom stereocenters. The summed E-state index contributed by atoms with van der Waals surface area (Å²) < 4.78 is 32.1. The molecule has 0 radical (unpaired) electrons. The molecule has 5 nitrogen and oxygen atoms in total. The minimum absolute atomic E-state index is 0.0801. The van der Waals surface area contributed by atoms with Crippen LogP contribution in [0.3, 0.4) is 0 Å². The Morgan fingerprint density at radius 3 is 2.44 bits per heavy atom. The van der Waals surface area contributed by atoms with Crippen molar-refractivity contribution in [2.45, 2.75) is 19.5 Å². The number of hydrogen-bond donors (Lipinski definition) is 0. The van der Waals surface area contributed by atoms with Gasteiger partial charge in [-0.05, 0) is 19.1 Å². The van der Waals surface area contributed by atoms with Crippen LogP contribution >= 0.6 is 0 Å². The molecule has 7 heteroatoms. The van der Waals surface area contributed by atoms with E-state index in [1.807, 2.05) is 13.0 Å². The molecule has 0 unspecified atom stereocenters. The lowest BCUT2D eigenvalue weighted by Gasteiger charge is -2.38. The summed E-state index contributed by atoms with van der Waals surface area (Å²) >= 11 is 0. The summed E-state index contributed by atoms with van der Waals surface area (Å²) in [7, 11) is 1.56. The SMILES string of the molecule is COc1ccc(CN2CCN([C@@H](C)c3ccc(F)cc3F)CC2)nn1. The maximum absolute atomic E-state index is 14.0. The molecule has 0 bridgehead atoms. The van der Waals surface area contributed by atoms with E-state index < -0.39 is 11.6 Å². The van der Waals surface area contributed by atoms with Crippen molar-refractivity contribution in [2.75, 3.05) is 33.3 Å². The summed E-state index contributed by atoms with van der Waals surface area (Å²) in [6.07, 6.45) is 0. The van der Waals surface area contributed by atoms with Gasteiger partial charge in [0.15, 0.2) is 0 Å². The fourth-order valence-electron chi connectivity index (χ4n) is 3.12. The Kier molecular flexibility index (Phi) is 5.55. The van der Waals surface area contributed by atoms with E-state index in [9.17, 15) is 8.78 Å². The van der Waals surface area contributed by atoms with Gasteiger partial charge >= 0.3 is 0 Å². The quantitative estimate of drug-likeness (QED) is 0.831. The topological polar surface area (TPSA) is 41.5 Å². The summed E-state index contributed by atoms with van der Waals surface area (Å²) in [6, 6.07) is 7.43. The van der Waals surface area contributed by atoms with E-state index in [0.29, 0.717) is 11.4 Å². The van der Waals surface area contributed by atoms with Crippen molar-refractivity contribution >= 4 is 0 Å². The first kappa shape index (κ1) is 17.7. The van der Waals surface area contributed by atoms with E-state index in [4.69, 9.17) is 4.74 Å². The molecule has 2 aromatic rings. The first-order valence-corrected chi connectivity index (χ1v) is 8.35. The number of ether oxygens (including phenoxy) is 1. The predicted molar refractivity (Wildman–Crippen MR) is 90.2 cm³/mol. The highest BCUT2D eigenvalue weighted by Gasteiger charge is 2.24. The van der Waals surface area contributed by atoms with E-state index in [2.05, 4.69) is 20.0 Å². The van der Waals surface area contributed by atoms with Crippen LogP contribution in [0, 0.1) is 11.6 Å². The van der Waals surface area contributed by atoms with Crippen LogP contribution in [0.5, 0.6) is 5.88 Å².